The molecule has 9 heteroatoms. The highest BCUT2D eigenvalue weighted by molar-refractivity contribution is 8.00. The maximum Gasteiger partial charge on any atom is 0.272 e. The number of ether oxygens (including phenoxy) is 1. The average molecular weight is 644 g/mol. The lowest BCUT2D eigenvalue weighted by molar-refractivity contribution is -0.117. The van der Waals surface area contributed by atoms with Crippen molar-refractivity contribution in [3.05, 3.63) is 150 Å². The van der Waals surface area contributed by atoms with E-state index in [1.54, 1.807) is 59.5 Å². The molecule has 0 aliphatic rings. The fourth-order valence-corrected chi connectivity index (χ4v) is 5.72. The monoisotopic (exact) mass is 643 g/mol. The molecule has 0 bridgehead atoms. The van der Waals surface area contributed by atoms with E-state index in [1.165, 1.54) is 37.1 Å². The Morgan fingerprint density at radius 1 is 0.787 bits per heavy atom. The first kappa shape index (κ1) is 32.6. The zero-order chi connectivity index (χ0) is 33.2. The van der Waals surface area contributed by atoms with Crippen molar-refractivity contribution in [2.24, 2.45) is 0 Å². The van der Waals surface area contributed by atoms with Gasteiger partial charge in [-0.2, -0.15) is 0 Å². The Balaban J connectivity index is 1.37. The number of phenols is 1. The van der Waals surface area contributed by atoms with Gasteiger partial charge >= 0.3 is 0 Å². The maximum absolute atomic E-state index is 13.8. The SMILES string of the molecule is COc1cc(O)ccc1/C=C(\NC(=O)c1ccccc1)C(=O)Nc1cccc(SC(C)C(=O)N(c2ccccc2)c2ccccc2)c1. The third-order valence-corrected chi connectivity index (χ3v) is 8.13. The van der Waals surface area contributed by atoms with E-state index in [2.05, 4.69) is 10.6 Å². The zero-order valence-electron chi connectivity index (χ0n) is 25.8. The molecule has 5 aromatic rings. The lowest BCUT2D eigenvalue weighted by atomic mass is 10.1. The van der Waals surface area contributed by atoms with Crippen molar-refractivity contribution in [1.82, 2.24) is 5.32 Å². The Morgan fingerprint density at radius 2 is 1.40 bits per heavy atom. The molecule has 47 heavy (non-hydrogen) atoms. The molecule has 0 spiro atoms. The molecule has 3 amide bonds. The van der Waals surface area contributed by atoms with Crippen molar-refractivity contribution >= 4 is 52.6 Å². The number of hydrogen-bond acceptors (Lipinski definition) is 6. The lowest BCUT2D eigenvalue weighted by Gasteiger charge is -2.26. The smallest absolute Gasteiger partial charge is 0.272 e. The van der Waals surface area contributed by atoms with E-state index in [0.29, 0.717) is 22.6 Å². The summed E-state index contributed by atoms with van der Waals surface area (Å²) >= 11 is 1.37. The Bertz CT molecular complexity index is 1840. The Morgan fingerprint density at radius 3 is 2.02 bits per heavy atom. The Labute approximate surface area is 277 Å². The van der Waals surface area contributed by atoms with E-state index in [9.17, 15) is 19.5 Å². The van der Waals surface area contributed by atoms with Gasteiger partial charge in [0.05, 0.1) is 12.4 Å². The number of hydrogen-bond donors (Lipinski definition) is 3. The quantitative estimate of drug-likeness (QED) is 0.101. The second kappa shape index (κ2) is 15.5. The van der Waals surface area contributed by atoms with Gasteiger partial charge in [0.2, 0.25) is 5.91 Å². The summed E-state index contributed by atoms with van der Waals surface area (Å²) in [5.41, 5.74) is 2.81. The number of phenolic OH excluding ortho intramolecular Hbond substituents is 1. The van der Waals surface area contributed by atoms with Crippen LogP contribution in [0.2, 0.25) is 0 Å². The largest absolute Gasteiger partial charge is 0.508 e. The van der Waals surface area contributed by atoms with Crippen LogP contribution in [0.15, 0.2) is 144 Å². The first-order valence-electron chi connectivity index (χ1n) is 14.8. The van der Waals surface area contributed by atoms with Crippen molar-refractivity contribution < 1.29 is 24.2 Å². The van der Waals surface area contributed by atoms with Crippen molar-refractivity contribution in [3.63, 3.8) is 0 Å². The van der Waals surface area contributed by atoms with Gasteiger partial charge in [-0.25, -0.2) is 0 Å². The first-order valence-corrected chi connectivity index (χ1v) is 15.7. The normalized spacial score (nSPS) is 11.7. The standard InChI is InChI=1S/C38H33N3O5S/c1-26(38(45)41(30-16-8-4-9-17-30)31-18-10-5-11-19-31)47-33-20-12-15-29(24-33)39-37(44)34(40-36(43)27-13-6-3-7-14-27)23-28-21-22-32(42)25-35(28)46-2/h3-26,42H,1-2H3,(H,39,44)(H,40,43)/b34-23-. The summed E-state index contributed by atoms with van der Waals surface area (Å²) in [6, 6.07) is 39.1. The summed E-state index contributed by atoms with van der Waals surface area (Å²) in [6.07, 6.45) is 1.48. The molecule has 3 N–H and O–H groups in total. The number of nitrogens with zero attached hydrogens (tertiary/aromatic N) is 1. The topological polar surface area (TPSA) is 108 Å². The van der Waals surface area contributed by atoms with E-state index in [4.69, 9.17) is 4.74 Å². The van der Waals surface area contributed by atoms with Gasteiger partial charge in [0.1, 0.15) is 17.2 Å². The summed E-state index contributed by atoms with van der Waals surface area (Å²) in [4.78, 5) is 43.0. The van der Waals surface area contributed by atoms with Crippen LogP contribution in [0.4, 0.5) is 17.1 Å². The summed E-state index contributed by atoms with van der Waals surface area (Å²) in [6.45, 7) is 1.85. The molecule has 1 unspecified atom stereocenters. The summed E-state index contributed by atoms with van der Waals surface area (Å²) in [5.74, 6) is -0.825. The number of thioether (sulfide) groups is 1. The van der Waals surface area contributed by atoms with Crippen LogP contribution >= 0.6 is 11.8 Å². The second-order valence-corrected chi connectivity index (χ2v) is 11.8. The number of carbonyl (C=O) groups excluding carboxylic acids is 3. The number of anilines is 3. The van der Waals surface area contributed by atoms with Gasteiger partial charge in [0.15, 0.2) is 0 Å². The maximum atomic E-state index is 13.8. The molecule has 5 rings (SSSR count). The minimum atomic E-state index is -0.574. The summed E-state index contributed by atoms with van der Waals surface area (Å²) in [5, 5.41) is 15.0. The van der Waals surface area contributed by atoms with Crippen LogP contribution in [-0.4, -0.2) is 35.2 Å². The molecule has 0 heterocycles. The van der Waals surface area contributed by atoms with Crippen molar-refractivity contribution in [2.45, 2.75) is 17.1 Å². The zero-order valence-corrected chi connectivity index (χ0v) is 26.6. The van der Waals surface area contributed by atoms with Crippen LogP contribution in [0, 0.1) is 0 Å². The van der Waals surface area contributed by atoms with E-state index < -0.39 is 17.1 Å². The van der Waals surface area contributed by atoms with Gasteiger partial charge in [-0.15, -0.1) is 11.8 Å². The molecule has 8 nitrogen and oxygen atoms in total. The van der Waals surface area contributed by atoms with Crippen LogP contribution in [0.1, 0.15) is 22.8 Å². The highest BCUT2D eigenvalue weighted by atomic mass is 32.2. The number of benzene rings is 5. The number of nitrogens with one attached hydrogen (secondary N) is 2. The molecule has 0 radical (unpaired) electrons. The minimum Gasteiger partial charge on any atom is -0.508 e. The molecule has 5 aromatic carbocycles. The summed E-state index contributed by atoms with van der Waals surface area (Å²) < 4.78 is 5.38. The third kappa shape index (κ3) is 8.47. The molecular formula is C38H33N3O5S. The summed E-state index contributed by atoms with van der Waals surface area (Å²) in [7, 11) is 1.45. The van der Waals surface area contributed by atoms with Crippen molar-refractivity contribution in [1.29, 1.82) is 0 Å². The highest BCUT2D eigenvalue weighted by Gasteiger charge is 2.25. The van der Waals surface area contributed by atoms with E-state index in [-0.39, 0.29) is 17.4 Å². The Kier molecular flexibility index (Phi) is 10.7. The van der Waals surface area contributed by atoms with Gasteiger partial charge in [-0.3, -0.25) is 19.3 Å². The molecule has 0 fully saturated rings. The number of para-hydroxylation sites is 2. The fourth-order valence-electron chi connectivity index (χ4n) is 4.76. The number of rotatable bonds is 11. The molecule has 1 atom stereocenters. The van der Waals surface area contributed by atoms with Gasteiger partial charge in [0.25, 0.3) is 11.8 Å². The molecule has 0 saturated heterocycles. The van der Waals surface area contributed by atoms with E-state index in [1.807, 2.05) is 73.7 Å². The van der Waals surface area contributed by atoms with Gasteiger partial charge < -0.3 is 20.5 Å². The number of aromatic hydroxyl groups is 1. The predicted octanol–water partition coefficient (Wildman–Crippen LogP) is 7.66. The predicted molar refractivity (Wildman–Crippen MR) is 187 cm³/mol. The lowest BCUT2D eigenvalue weighted by Crippen LogP contribution is -2.32. The average Bonchev–Trinajstić information content (AvgIpc) is 3.10. The van der Waals surface area contributed by atoms with Gasteiger partial charge in [0, 0.05) is 39.2 Å². The fraction of sp³-hybridized carbons (Fsp3) is 0.0789. The number of methoxy groups -OCH3 is 1. The van der Waals surface area contributed by atoms with Crippen LogP contribution in [0.25, 0.3) is 6.08 Å². The van der Waals surface area contributed by atoms with E-state index >= 15 is 0 Å². The molecule has 236 valence electrons. The number of carbonyl (C=O) groups is 3. The molecule has 0 aliphatic carbocycles. The van der Waals surface area contributed by atoms with Crippen molar-refractivity contribution in [3.8, 4) is 11.5 Å². The molecule has 0 saturated carbocycles. The van der Waals surface area contributed by atoms with Crippen LogP contribution in [0.5, 0.6) is 11.5 Å². The van der Waals surface area contributed by atoms with Crippen molar-refractivity contribution in [2.75, 3.05) is 17.3 Å². The van der Waals surface area contributed by atoms with Crippen LogP contribution in [-0.2, 0) is 9.59 Å². The second-order valence-electron chi connectivity index (χ2n) is 10.4. The van der Waals surface area contributed by atoms with Crippen LogP contribution < -0.4 is 20.3 Å². The first-order chi connectivity index (χ1) is 22.8. The minimum absolute atomic E-state index is 0.00370. The molecule has 0 aromatic heterocycles. The number of amides is 3. The Hall–Kier alpha value is -5.80. The van der Waals surface area contributed by atoms with Gasteiger partial charge in [-0.1, -0.05) is 60.7 Å². The molecular weight excluding hydrogens is 611 g/mol. The van der Waals surface area contributed by atoms with E-state index in [0.717, 1.165) is 16.3 Å². The van der Waals surface area contributed by atoms with Gasteiger partial charge in [-0.05, 0) is 79.7 Å². The van der Waals surface area contributed by atoms with Crippen LogP contribution in [0.3, 0.4) is 0 Å². The highest BCUT2D eigenvalue weighted by Crippen LogP contribution is 2.32. The molecule has 0 aliphatic heterocycles. The third-order valence-electron chi connectivity index (χ3n) is 7.05.